The monoisotopic (exact) mass is 254 g/mol. The van der Waals surface area contributed by atoms with E-state index in [0.717, 1.165) is 5.39 Å². The van der Waals surface area contributed by atoms with Crippen LogP contribution in [-0.2, 0) is 10.0 Å². The highest BCUT2D eigenvalue weighted by atomic mass is 32.2. The highest BCUT2D eigenvalue weighted by molar-refractivity contribution is 7.89. The number of aromatic nitrogens is 1. The molecule has 0 bridgehead atoms. The summed E-state index contributed by atoms with van der Waals surface area (Å²) in [6, 6.07) is 6.93. The number of aliphatic hydroxyl groups excluding tert-OH is 1. The maximum absolute atomic E-state index is 12.0. The predicted octanol–water partition coefficient (Wildman–Crippen LogP) is 0.829. The van der Waals surface area contributed by atoms with Gasteiger partial charge in [-0.2, -0.15) is 0 Å². The van der Waals surface area contributed by atoms with E-state index in [4.69, 9.17) is 5.11 Å². The highest BCUT2D eigenvalue weighted by Gasteiger charge is 2.16. The number of rotatable bonds is 5. The summed E-state index contributed by atoms with van der Waals surface area (Å²) in [6.07, 6.45) is 2.11. The summed E-state index contributed by atoms with van der Waals surface area (Å²) in [6.45, 7) is 0.200. The van der Waals surface area contributed by atoms with Gasteiger partial charge in [0.2, 0.25) is 10.0 Å². The molecule has 0 radical (unpaired) electrons. The average Bonchev–Trinajstić information content (AvgIpc) is 2.76. The third-order valence-electron chi connectivity index (χ3n) is 2.47. The van der Waals surface area contributed by atoms with Crippen LogP contribution in [0.3, 0.4) is 0 Å². The van der Waals surface area contributed by atoms with Crippen molar-refractivity contribution in [2.75, 3.05) is 13.2 Å². The molecule has 1 aromatic carbocycles. The van der Waals surface area contributed by atoms with E-state index in [2.05, 4.69) is 9.71 Å². The molecule has 0 saturated heterocycles. The van der Waals surface area contributed by atoms with Crippen molar-refractivity contribution in [3.63, 3.8) is 0 Å². The molecule has 0 spiro atoms. The van der Waals surface area contributed by atoms with E-state index in [1.165, 1.54) is 0 Å². The normalized spacial score (nSPS) is 12.1. The predicted molar refractivity (Wildman–Crippen MR) is 65.2 cm³/mol. The molecule has 1 aromatic heterocycles. The van der Waals surface area contributed by atoms with Crippen LogP contribution in [0.15, 0.2) is 35.4 Å². The minimum Gasteiger partial charge on any atom is -0.396 e. The van der Waals surface area contributed by atoms with Crippen molar-refractivity contribution in [1.82, 2.24) is 9.71 Å². The van der Waals surface area contributed by atoms with Gasteiger partial charge in [-0.05, 0) is 18.6 Å². The van der Waals surface area contributed by atoms with Gasteiger partial charge in [-0.25, -0.2) is 13.1 Å². The SMILES string of the molecule is O=S(=O)(NCCCO)c1cccc2cc[nH]c12. The molecular weight excluding hydrogens is 240 g/mol. The fourth-order valence-electron chi connectivity index (χ4n) is 1.64. The number of hydrogen-bond donors (Lipinski definition) is 3. The van der Waals surface area contributed by atoms with Gasteiger partial charge < -0.3 is 10.1 Å². The number of aliphatic hydroxyl groups is 1. The zero-order valence-corrected chi connectivity index (χ0v) is 10.00. The largest absolute Gasteiger partial charge is 0.396 e. The molecule has 0 unspecified atom stereocenters. The second kappa shape index (κ2) is 4.87. The van der Waals surface area contributed by atoms with Crippen LogP contribution in [0.4, 0.5) is 0 Å². The summed E-state index contributed by atoms with van der Waals surface area (Å²) in [7, 11) is -3.52. The minimum atomic E-state index is -3.52. The van der Waals surface area contributed by atoms with E-state index >= 15 is 0 Å². The van der Waals surface area contributed by atoms with Gasteiger partial charge >= 0.3 is 0 Å². The number of fused-ring (bicyclic) bond motifs is 1. The first-order valence-corrected chi connectivity index (χ1v) is 6.80. The van der Waals surface area contributed by atoms with Crippen molar-refractivity contribution in [1.29, 1.82) is 0 Å². The molecule has 0 saturated carbocycles. The fraction of sp³-hybridized carbons (Fsp3) is 0.273. The van der Waals surface area contributed by atoms with E-state index < -0.39 is 10.0 Å². The molecule has 2 rings (SSSR count). The Bertz CT molecular complexity index is 604. The quantitative estimate of drug-likeness (QED) is 0.691. The van der Waals surface area contributed by atoms with Crippen LogP contribution in [0, 0.1) is 0 Å². The zero-order chi connectivity index (χ0) is 12.3. The Kier molecular flexibility index (Phi) is 3.46. The van der Waals surface area contributed by atoms with Crippen LogP contribution < -0.4 is 4.72 Å². The summed E-state index contributed by atoms with van der Waals surface area (Å²) in [5, 5.41) is 9.49. The van der Waals surface area contributed by atoms with Crippen molar-refractivity contribution < 1.29 is 13.5 Å². The summed E-state index contributed by atoms with van der Waals surface area (Å²) in [5.74, 6) is 0. The molecule has 6 heteroatoms. The first kappa shape index (κ1) is 12.1. The molecule has 92 valence electrons. The molecule has 0 fully saturated rings. The van der Waals surface area contributed by atoms with Crippen LogP contribution in [0.25, 0.3) is 10.9 Å². The van der Waals surface area contributed by atoms with E-state index in [9.17, 15) is 8.42 Å². The second-order valence-electron chi connectivity index (χ2n) is 3.67. The Morgan fingerprint density at radius 3 is 2.88 bits per heavy atom. The number of aromatic amines is 1. The Morgan fingerprint density at radius 1 is 1.29 bits per heavy atom. The van der Waals surface area contributed by atoms with Gasteiger partial charge in [0.25, 0.3) is 0 Å². The van der Waals surface area contributed by atoms with Gasteiger partial charge in [-0.15, -0.1) is 0 Å². The van der Waals surface area contributed by atoms with Crippen molar-refractivity contribution in [2.24, 2.45) is 0 Å². The lowest BCUT2D eigenvalue weighted by atomic mass is 10.2. The molecule has 3 N–H and O–H groups in total. The third-order valence-corrected chi connectivity index (χ3v) is 3.97. The van der Waals surface area contributed by atoms with Gasteiger partial charge in [0.15, 0.2) is 0 Å². The molecule has 2 aromatic rings. The van der Waals surface area contributed by atoms with Crippen molar-refractivity contribution in [3.8, 4) is 0 Å². The molecule has 0 amide bonds. The average molecular weight is 254 g/mol. The number of hydrogen-bond acceptors (Lipinski definition) is 3. The molecule has 17 heavy (non-hydrogen) atoms. The molecule has 0 aliphatic rings. The molecule has 5 nitrogen and oxygen atoms in total. The maximum Gasteiger partial charge on any atom is 0.242 e. The van der Waals surface area contributed by atoms with Gasteiger partial charge in [-0.3, -0.25) is 0 Å². The topological polar surface area (TPSA) is 82.2 Å². The van der Waals surface area contributed by atoms with Gasteiger partial charge in [0.1, 0.15) is 4.90 Å². The van der Waals surface area contributed by atoms with E-state index in [-0.39, 0.29) is 18.0 Å². The molecule has 0 aliphatic carbocycles. The number of nitrogens with one attached hydrogen (secondary N) is 2. The number of para-hydroxylation sites is 1. The lowest BCUT2D eigenvalue weighted by Gasteiger charge is -2.06. The smallest absolute Gasteiger partial charge is 0.242 e. The Morgan fingerprint density at radius 2 is 2.12 bits per heavy atom. The standard InChI is InChI=1S/C11H14N2O3S/c14-8-2-6-13-17(15,16)10-4-1-3-9-5-7-12-11(9)10/h1,3-5,7,12-14H,2,6,8H2. The van der Waals surface area contributed by atoms with Crippen LogP contribution in [-0.4, -0.2) is 31.7 Å². The summed E-state index contributed by atoms with van der Waals surface area (Å²) >= 11 is 0. The zero-order valence-electron chi connectivity index (χ0n) is 9.18. The van der Waals surface area contributed by atoms with E-state index in [0.29, 0.717) is 11.9 Å². The Hall–Kier alpha value is -1.37. The maximum atomic E-state index is 12.0. The molecule has 1 heterocycles. The van der Waals surface area contributed by atoms with Crippen molar-refractivity contribution in [2.45, 2.75) is 11.3 Å². The van der Waals surface area contributed by atoms with Gasteiger partial charge in [-0.1, -0.05) is 12.1 Å². The minimum absolute atomic E-state index is 0.0325. The van der Waals surface area contributed by atoms with Crippen LogP contribution in [0.2, 0.25) is 0 Å². The van der Waals surface area contributed by atoms with Gasteiger partial charge in [0, 0.05) is 24.7 Å². The number of benzene rings is 1. The van der Waals surface area contributed by atoms with Gasteiger partial charge in [0.05, 0.1) is 5.52 Å². The van der Waals surface area contributed by atoms with Crippen molar-refractivity contribution in [3.05, 3.63) is 30.5 Å². The lowest BCUT2D eigenvalue weighted by molar-refractivity contribution is 0.289. The van der Waals surface area contributed by atoms with Crippen molar-refractivity contribution >= 4 is 20.9 Å². The summed E-state index contributed by atoms with van der Waals surface area (Å²) in [5.41, 5.74) is 0.601. The fourth-order valence-corrected chi connectivity index (χ4v) is 2.92. The van der Waals surface area contributed by atoms with Crippen LogP contribution in [0.1, 0.15) is 6.42 Å². The molecule has 0 aliphatic heterocycles. The van der Waals surface area contributed by atoms with Crippen LogP contribution >= 0.6 is 0 Å². The number of H-pyrrole nitrogens is 1. The highest BCUT2D eigenvalue weighted by Crippen LogP contribution is 2.20. The first-order valence-electron chi connectivity index (χ1n) is 5.32. The molecule has 0 atom stereocenters. The Balaban J connectivity index is 2.35. The van der Waals surface area contributed by atoms with Crippen LogP contribution in [0.5, 0.6) is 0 Å². The van der Waals surface area contributed by atoms with E-state index in [1.54, 1.807) is 18.3 Å². The van der Waals surface area contributed by atoms with E-state index in [1.807, 2.05) is 12.1 Å². The summed E-state index contributed by atoms with van der Waals surface area (Å²) < 4.78 is 26.5. The lowest BCUT2D eigenvalue weighted by Crippen LogP contribution is -2.25. The third kappa shape index (κ3) is 2.49. The Labute approximate surface area is 99.5 Å². The summed E-state index contributed by atoms with van der Waals surface area (Å²) in [4.78, 5) is 3.15. The molecular formula is C11H14N2O3S. The first-order chi connectivity index (χ1) is 8.15. The second-order valence-corrected chi connectivity index (χ2v) is 5.41. The number of sulfonamides is 1.